The van der Waals surface area contributed by atoms with E-state index in [9.17, 15) is 9.59 Å². The molecule has 3 rings (SSSR count). The molecule has 2 aromatic rings. The molecule has 170 valence electrons. The first-order valence-electron chi connectivity index (χ1n) is 11.0. The molecule has 0 saturated carbocycles. The number of nitrogens with one attached hydrogen (secondary N) is 4. The lowest BCUT2D eigenvalue weighted by molar-refractivity contribution is -0.126. The van der Waals surface area contributed by atoms with E-state index in [1.54, 1.807) is 12.1 Å². The number of hydrogen-bond donors (Lipinski definition) is 5. The predicted molar refractivity (Wildman–Crippen MR) is 125 cm³/mol. The zero-order chi connectivity index (χ0) is 22.8. The minimum Gasteiger partial charge on any atom is -0.384 e. The minimum atomic E-state index is -0.224. The largest absolute Gasteiger partial charge is 0.384 e. The van der Waals surface area contributed by atoms with Crippen LogP contribution in [0.1, 0.15) is 29.5 Å². The Morgan fingerprint density at radius 1 is 0.938 bits per heavy atom. The summed E-state index contributed by atoms with van der Waals surface area (Å²) in [5.41, 5.74) is 8.39. The highest BCUT2D eigenvalue weighted by Gasteiger charge is 2.20. The predicted octanol–water partition coefficient (Wildman–Crippen LogP) is 0.957. The number of benzene rings is 2. The van der Waals surface area contributed by atoms with Crippen molar-refractivity contribution < 1.29 is 9.59 Å². The van der Waals surface area contributed by atoms with Gasteiger partial charge in [0.15, 0.2) is 0 Å². The molecule has 8 heteroatoms. The van der Waals surface area contributed by atoms with Gasteiger partial charge in [0, 0.05) is 37.8 Å². The van der Waals surface area contributed by atoms with Gasteiger partial charge in [0.25, 0.3) is 0 Å². The van der Waals surface area contributed by atoms with Gasteiger partial charge < -0.3 is 21.7 Å². The summed E-state index contributed by atoms with van der Waals surface area (Å²) in [6.45, 7) is 3.45. The Balaban J connectivity index is 1.27. The first-order valence-corrected chi connectivity index (χ1v) is 11.0. The Morgan fingerprint density at radius 2 is 1.62 bits per heavy atom. The van der Waals surface area contributed by atoms with Crippen LogP contribution in [0.5, 0.6) is 0 Å². The standard InChI is InChI=1S/C24H32N6O2/c25-24(26)20-8-6-18(7-9-20)14-27-15-22(31)28-16-23(32)29-21-10-12-30(13-11-21)17-19-4-2-1-3-5-19/h1-9,21,27H,10-17H2,(H3,25,26)(H,28,31)(H,29,32). The molecule has 2 amide bonds. The third-order valence-corrected chi connectivity index (χ3v) is 5.53. The molecule has 32 heavy (non-hydrogen) atoms. The first-order chi connectivity index (χ1) is 15.5. The number of nitrogens with two attached hydrogens (primary N) is 1. The van der Waals surface area contributed by atoms with Crippen LogP contribution in [-0.4, -0.2) is 54.8 Å². The molecule has 0 aliphatic carbocycles. The van der Waals surface area contributed by atoms with Gasteiger partial charge in [-0.2, -0.15) is 0 Å². The lowest BCUT2D eigenvalue weighted by Crippen LogP contribution is -2.48. The number of nitrogen functional groups attached to an aromatic ring is 1. The van der Waals surface area contributed by atoms with Gasteiger partial charge in [0.2, 0.25) is 11.8 Å². The summed E-state index contributed by atoms with van der Waals surface area (Å²) in [7, 11) is 0. The lowest BCUT2D eigenvalue weighted by Gasteiger charge is -2.32. The van der Waals surface area contributed by atoms with Crippen molar-refractivity contribution in [1.82, 2.24) is 20.9 Å². The molecule has 6 N–H and O–H groups in total. The van der Waals surface area contributed by atoms with Crippen LogP contribution in [0, 0.1) is 5.41 Å². The Bertz CT molecular complexity index is 892. The highest BCUT2D eigenvalue weighted by Crippen LogP contribution is 2.13. The van der Waals surface area contributed by atoms with Crippen molar-refractivity contribution in [3.63, 3.8) is 0 Å². The van der Waals surface area contributed by atoms with Crippen LogP contribution in [-0.2, 0) is 22.7 Å². The number of carbonyl (C=O) groups excluding carboxylic acids is 2. The third-order valence-electron chi connectivity index (χ3n) is 5.53. The van der Waals surface area contributed by atoms with E-state index in [-0.39, 0.29) is 36.8 Å². The van der Waals surface area contributed by atoms with Crippen LogP contribution in [0.15, 0.2) is 54.6 Å². The Kier molecular flexibility index (Phi) is 8.77. The van der Waals surface area contributed by atoms with Crippen molar-refractivity contribution in [3.8, 4) is 0 Å². The van der Waals surface area contributed by atoms with Crippen molar-refractivity contribution in [2.45, 2.75) is 32.0 Å². The van der Waals surface area contributed by atoms with E-state index < -0.39 is 0 Å². The number of amidine groups is 1. The molecule has 2 aromatic carbocycles. The van der Waals surface area contributed by atoms with Gasteiger partial charge in [0.05, 0.1) is 13.1 Å². The number of carbonyl (C=O) groups is 2. The van der Waals surface area contributed by atoms with Crippen molar-refractivity contribution in [3.05, 3.63) is 71.3 Å². The number of likely N-dealkylation sites (tertiary alicyclic amines) is 1. The minimum absolute atomic E-state index is 0.0158. The molecular weight excluding hydrogens is 404 g/mol. The first kappa shape index (κ1) is 23.4. The molecule has 0 aromatic heterocycles. The summed E-state index contributed by atoms with van der Waals surface area (Å²) >= 11 is 0. The van der Waals surface area contributed by atoms with E-state index >= 15 is 0 Å². The van der Waals surface area contributed by atoms with Gasteiger partial charge in [-0.05, 0) is 24.0 Å². The van der Waals surface area contributed by atoms with Crippen molar-refractivity contribution in [2.24, 2.45) is 5.73 Å². The zero-order valence-corrected chi connectivity index (χ0v) is 18.3. The monoisotopic (exact) mass is 436 g/mol. The number of piperidine rings is 1. The molecule has 0 unspecified atom stereocenters. The lowest BCUT2D eigenvalue weighted by atomic mass is 10.0. The SMILES string of the molecule is N=C(N)c1ccc(CNCC(=O)NCC(=O)NC2CCN(Cc3ccccc3)CC2)cc1. The number of hydrogen-bond acceptors (Lipinski definition) is 5. The van der Waals surface area contributed by atoms with E-state index in [4.69, 9.17) is 11.1 Å². The molecular formula is C24H32N6O2. The summed E-state index contributed by atoms with van der Waals surface area (Å²) in [4.78, 5) is 26.6. The summed E-state index contributed by atoms with van der Waals surface area (Å²) < 4.78 is 0. The summed E-state index contributed by atoms with van der Waals surface area (Å²) in [6, 6.07) is 17.8. The zero-order valence-electron chi connectivity index (χ0n) is 18.3. The molecule has 1 heterocycles. The molecule has 1 fully saturated rings. The highest BCUT2D eigenvalue weighted by molar-refractivity contribution is 5.94. The quantitative estimate of drug-likeness (QED) is 0.280. The summed E-state index contributed by atoms with van der Waals surface area (Å²) in [6.07, 6.45) is 1.83. The van der Waals surface area contributed by atoms with E-state index in [1.165, 1.54) is 5.56 Å². The Hall–Kier alpha value is -3.23. The van der Waals surface area contributed by atoms with Crippen LogP contribution in [0.3, 0.4) is 0 Å². The fourth-order valence-electron chi connectivity index (χ4n) is 3.72. The maximum atomic E-state index is 12.2. The van der Waals surface area contributed by atoms with E-state index in [2.05, 4.69) is 45.1 Å². The fraction of sp³-hybridized carbons (Fsp3) is 0.375. The second-order valence-electron chi connectivity index (χ2n) is 8.09. The normalized spacial score (nSPS) is 14.6. The maximum absolute atomic E-state index is 12.2. The van der Waals surface area contributed by atoms with Crippen LogP contribution < -0.4 is 21.7 Å². The Morgan fingerprint density at radius 3 is 2.28 bits per heavy atom. The van der Waals surface area contributed by atoms with Crippen molar-refractivity contribution >= 4 is 17.6 Å². The molecule has 1 aliphatic heterocycles. The van der Waals surface area contributed by atoms with Gasteiger partial charge >= 0.3 is 0 Å². The highest BCUT2D eigenvalue weighted by atomic mass is 16.2. The molecule has 8 nitrogen and oxygen atoms in total. The van der Waals surface area contributed by atoms with Gasteiger partial charge in [-0.3, -0.25) is 19.9 Å². The number of rotatable bonds is 10. The average molecular weight is 437 g/mol. The summed E-state index contributed by atoms with van der Waals surface area (Å²) in [5, 5.41) is 16.1. The van der Waals surface area contributed by atoms with Crippen molar-refractivity contribution in [1.29, 1.82) is 5.41 Å². The number of amides is 2. The second kappa shape index (κ2) is 12.0. The smallest absolute Gasteiger partial charge is 0.239 e. The van der Waals surface area contributed by atoms with Gasteiger partial charge in [-0.15, -0.1) is 0 Å². The van der Waals surface area contributed by atoms with E-state index in [0.29, 0.717) is 12.1 Å². The third kappa shape index (κ3) is 7.79. The van der Waals surface area contributed by atoms with Gasteiger partial charge in [-0.1, -0.05) is 54.6 Å². The van der Waals surface area contributed by atoms with Gasteiger partial charge in [0.1, 0.15) is 5.84 Å². The molecule has 1 saturated heterocycles. The van der Waals surface area contributed by atoms with Crippen molar-refractivity contribution in [2.75, 3.05) is 26.2 Å². The second-order valence-corrected chi connectivity index (χ2v) is 8.09. The molecule has 1 aliphatic rings. The number of nitrogens with zero attached hydrogens (tertiary/aromatic N) is 1. The Labute approximate surface area is 189 Å². The van der Waals surface area contributed by atoms with E-state index in [0.717, 1.165) is 38.0 Å². The summed E-state index contributed by atoms with van der Waals surface area (Å²) in [5.74, 6) is -0.349. The molecule has 0 atom stereocenters. The topological polar surface area (TPSA) is 123 Å². The van der Waals surface area contributed by atoms with E-state index in [1.807, 2.05) is 18.2 Å². The van der Waals surface area contributed by atoms with Crippen LogP contribution in [0.25, 0.3) is 0 Å². The van der Waals surface area contributed by atoms with Crippen LogP contribution in [0.2, 0.25) is 0 Å². The molecule has 0 spiro atoms. The van der Waals surface area contributed by atoms with Gasteiger partial charge in [-0.25, -0.2) is 0 Å². The fourth-order valence-corrected chi connectivity index (χ4v) is 3.72. The molecule has 0 bridgehead atoms. The maximum Gasteiger partial charge on any atom is 0.239 e. The molecule has 0 radical (unpaired) electrons. The van der Waals surface area contributed by atoms with Crippen LogP contribution in [0.4, 0.5) is 0 Å². The van der Waals surface area contributed by atoms with Crippen LogP contribution >= 0.6 is 0 Å². The average Bonchev–Trinajstić information content (AvgIpc) is 2.80.